The molecule has 96 valence electrons. The summed E-state index contributed by atoms with van der Waals surface area (Å²) in [6.45, 7) is 4.16. The van der Waals surface area contributed by atoms with Crippen LogP contribution in [0.1, 0.15) is 5.56 Å². The number of nitrogens with two attached hydrogens (primary N) is 1. The van der Waals surface area contributed by atoms with Crippen molar-refractivity contribution < 1.29 is 14.2 Å². The van der Waals surface area contributed by atoms with Gasteiger partial charge in [-0.1, -0.05) is 30.3 Å². The van der Waals surface area contributed by atoms with E-state index in [1.54, 1.807) is 0 Å². The summed E-state index contributed by atoms with van der Waals surface area (Å²) >= 11 is 0. The molecule has 0 aromatic heterocycles. The second kappa shape index (κ2) is 10.2. The van der Waals surface area contributed by atoms with E-state index in [9.17, 15) is 0 Å². The van der Waals surface area contributed by atoms with E-state index < -0.39 is 0 Å². The molecule has 0 aliphatic rings. The zero-order valence-corrected chi connectivity index (χ0v) is 10.1. The number of hydrogen-bond donors (Lipinski definition) is 1. The van der Waals surface area contributed by atoms with Gasteiger partial charge < -0.3 is 19.9 Å². The molecule has 1 rings (SSSR count). The highest BCUT2D eigenvalue weighted by Gasteiger charge is 1.92. The Morgan fingerprint density at radius 2 is 1.35 bits per heavy atom. The maximum absolute atomic E-state index is 5.46. The van der Waals surface area contributed by atoms with Gasteiger partial charge in [-0.3, -0.25) is 0 Å². The molecule has 0 bridgehead atoms. The summed E-state index contributed by atoms with van der Waals surface area (Å²) in [4.78, 5) is 0. The normalized spacial score (nSPS) is 10.6. The molecule has 0 saturated carbocycles. The van der Waals surface area contributed by atoms with Gasteiger partial charge in [0.15, 0.2) is 0 Å². The van der Waals surface area contributed by atoms with Crippen LogP contribution in [0, 0.1) is 0 Å². The predicted molar refractivity (Wildman–Crippen MR) is 66.8 cm³/mol. The van der Waals surface area contributed by atoms with Gasteiger partial charge in [-0.15, -0.1) is 0 Å². The zero-order valence-electron chi connectivity index (χ0n) is 10.1. The third kappa shape index (κ3) is 7.88. The second-order valence-corrected chi connectivity index (χ2v) is 3.55. The Hall–Kier alpha value is -0.940. The van der Waals surface area contributed by atoms with E-state index in [0.717, 1.165) is 0 Å². The van der Waals surface area contributed by atoms with Crippen molar-refractivity contribution in [3.05, 3.63) is 35.9 Å². The third-order valence-corrected chi connectivity index (χ3v) is 2.12. The molecule has 1 aromatic rings. The Morgan fingerprint density at radius 3 is 2.00 bits per heavy atom. The van der Waals surface area contributed by atoms with Crippen molar-refractivity contribution in [1.29, 1.82) is 0 Å². The third-order valence-electron chi connectivity index (χ3n) is 2.12. The van der Waals surface area contributed by atoms with E-state index in [-0.39, 0.29) is 0 Å². The number of ether oxygens (including phenoxy) is 3. The highest BCUT2D eigenvalue weighted by atomic mass is 16.5. The van der Waals surface area contributed by atoms with Gasteiger partial charge in [0.05, 0.1) is 39.6 Å². The van der Waals surface area contributed by atoms with Crippen molar-refractivity contribution in [3.63, 3.8) is 0 Å². The zero-order chi connectivity index (χ0) is 12.2. The van der Waals surface area contributed by atoms with E-state index in [1.807, 2.05) is 30.3 Å². The van der Waals surface area contributed by atoms with Crippen molar-refractivity contribution in [1.82, 2.24) is 0 Å². The largest absolute Gasteiger partial charge is 0.378 e. The van der Waals surface area contributed by atoms with E-state index in [1.165, 1.54) is 5.56 Å². The molecular formula is C13H21NO3. The van der Waals surface area contributed by atoms with Crippen LogP contribution in [0.4, 0.5) is 0 Å². The Kier molecular flexibility index (Phi) is 8.50. The molecule has 2 N–H and O–H groups in total. The molecule has 4 heteroatoms. The minimum atomic E-state index is 0.556. The van der Waals surface area contributed by atoms with Crippen LogP contribution in [0.15, 0.2) is 30.3 Å². The first kappa shape index (κ1) is 14.1. The first-order valence-corrected chi connectivity index (χ1v) is 5.90. The topological polar surface area (TPSA) is 53.7 Å². The van der Waals surface area contributed by atoms with Crippen LogP contribution in [-0.2, 0) is 20.8 Å². The summed E-state index contributed by atoms with van der Waals surface area (Å²) in [6.07, 6.45) is 0. The summed E-state index contributed by atoms with van der Waals surface area (Å²) < 4.78 is 16.0. The quantitative estimate of drug-likeness (QED) is 0.623. The molecule has 0 atom stereocenters. The van der Waals surface area contributed by atoms with Gasteiger partial charge >= 0.3 is 0 Å². The maximum Gasteiger partial charge on any atom is 0.0718 e. The summed E-state index contributed by atoms with van der Waals surface area (Å²) in [5, 5.41) is 0. The summed E-state index contributed by atoms with van der Waals surface area (Å²) in [5.74, 6) is 0. The van der Waals surface area contributed by atoms with Crippen molar-refractivity contribution in [3.8, 4) is 0 Å². The van der Waals surface area contributed by atoms with Crippen molar-refractivity contribution >= 4 is 0 Å². The number of hydrogen-bond acceptors (Lipinski definition) is 4. The lowest BCUT2D eigenvalue weighted by molar-refractivity contribution is 0.0119. The monoisotopic (exact) mass is 239 g/mol. The van der Waals surface area contributed by atoms with E-state index in [4.69, 9.17) is 19.9 Å². The molecule has 0 amide bonds. The highest BCUT2D eigenvalue weighted by molar-refractivity contribution is 5.13. The Labute approximate surface area is 103 Å². The molecule has 4 nitrogen and oxygen atoms in total. The molecule has 0 saturated heterocycles. The van der Waals surface area contributed by atoms with E-state index in [0.29, 0.717) is 46.2 Å². The maximum atomic E-state index is 5.46. The van der Waals surface area contributed by atoms with Crippen LogP contribution >= 0.6 is 0 Å². The van der Waals surface area contributed by atoms with Gasteiger partial charge in [0.1, 0.15) is 0 Å². The molecule has 0 aliphatic carbocycles. The summed E-state index contributed by atoms with van der Waals surface area (Å²) in [7, 11) is 0. The standard InChI is InChI=1S/C13H21NO3/c14-6-7-15-8-9-16-10-11-17-12-13-4-2-1-3-5-13/h1-5H,6-12,14H2. The van der Waals surface area contributed by atoms with Crippen molar-refractivity contribution in [2.75, 3.05) is 39.6 Å². The fourth-order valence-electron chi connectivity index (χ4n) is 1.29. The molecule has 0 heterocycles. The molecule has 0 unspecified atom stereocenters. The van der Waals surface area contributed by atoms with Crippen LogP contribution in [0.2, 0.25) is 0 Å². The minimum Gasteiger partial charge on any atom is -0.378 e. The van der Waals surface area contributed by atoms with Crippen LogP contribution < -0.4 is 5.73 Å². The fourth-order valence-corrected chi connectivity index (χ4v) is 1.29. The Bertz CT molecular complexity index is 267. The molecule has 0 spiro atoms. The van der Waals surface area contributed by atoms with Crippen LogP contribution in [0.3, 0.4) is 0 Å². The highest BCUT2D eigenvalue weighted by Crippen LogP contribution is 1.99. The molecule has 17 heavy (non-hydrogen) atoms. The Balaban J connectivity index is 1.85. The lowest BCUT2D eigenvalue weighted by Gasteiger charge is -2.06. The predicted octanol–water partition coefficient (Wildman–Crippen LogP) is 1.20. The van der Waals surface area contributed by atoms with Crippen molar-refractivity contribution in [2.45, 2.75) is 6.61 Å². The lowest BCUT2D eigenvalue weighted by Crippen LogP contribution is -2.13. The average molecular weight is 239 g/mol. The first-order chi connectivity index (χ1) is 8.43. The molecule has 0 radical (unpaired) electrons. The van der Waals surface area contributed by atoms with E-state index >= 15 is 0 Å². The van der Waals surface area contributed by atoms with Gasteiger partial charge in [0.25, 0.3) is 0 Å². The lowest BCUT2D eigenvalue weighted by atomic mass is 10.2. The van der Waals surface area contributed by atoms with Gasteiger partial charge in [0, 0.05) is 6.54 Å². The smallest absolute Gasteiger partial charge is 0.0718 e. The van der Waals surface area contributed by atoms with Crippen LogP contribution in [-0.4, -0.2) is 39.6 Å². The van der Waals surface area contributed by atoms with E-state index in [2.05, 4.69) is 0 Å². The van der Waals surface area contributed by atoms with Gasteiger partial charge in [-0.25, -0.2) is 0 Å². The number of benzene rings is 1. The molecule has 0 aliphatic heterocycles. The molecule has 1 aromatic carbocycles. The number of rotatable bonds is 10. The van der Waals surface area contributed by atoms with Gasteiger partial charge in [-0.05, 0) is 5.56 Å². The molecule has 0 fully saturated rings. The van der Waals surface area contributed by atoms with Crippen LogP contribution in [0.25, 0.3) is 0 Å². The van der Waals surface area contributed by atoms with Crippen LogP contribution in [0.5, 0.6) is 0 Å². The second-order valence-electron chi connectivity index (χ2n) is 3.55. The molecular weight excluding hydrogens is 218 g/mol. The summed E-state index contributed by atoms with van der Waals surface area (Å²) in [6, 6.07) is 10.1. The Morgan fingerprint density at radius 1 is 0.765 bits per heavy atom. The first-order valence-electron chi connectivity index (χ1n) is 5.90. The summed E-state index contributed by atoms with van der Waals surface area (Å²) in [5.41, 5.74) is 6.46. The average Bonchev–Trinajstić information content (AvgIpc) is 2.38. The van der Waals surface area contributed by atoms with Crippen molar-refractivity contribution in [2.24, 2.45) is 5.73 Å². The SMILES string of the molecule is NCCOCCOCCOCc1ccccc1. The van der Waals surface area contributed by atoms with Gasteiger partial charge in [-0.2, -0.15) is 0 Å². The fraction of sp³-hybridized carbons (Fsp3) is 0.538. The minimum absolute atomic E-state index is 0.556. The van der Waals surface area contributed by atoms with Gasteiger partial charge in [0.2, 0.25) is 0 Å².